The quantitative estimate of drug-likeness (QED) is 0.887. The summed E-state index contributed by atoms with van der Waals surface area (Å²) in [7, 11) is 0. The molecule has 132 valence electrons. The Morgan fingerprint density at radius 3 is 2.46 bits per heavy atom. The third-order valence-electron chi connectivity index (χ3n) is 4.59. The number of amides is 2. The van der Waals surface area contributed by atoms with Gasteiger partial charge in [-0.25, -0.2) is 0 Å². The lowest BCUT2D eigenvalue weighted by Crippen LogP contribution is -2.46. The van der Waals surface area contributed by atoms with Crippen LogP contribution in [0.3, 0.4) is 0 Å². The Hall–Kier alpha value is -1.88. The lowest BCUT2D eigenvalue weighted by Gasteiger charge is -2.23. The van der Waals surface area contributed by atoms with Gasteiger partial charge in [-0.05, 0) is 29.4 Å². The van der Waals surface area contributed by atoms with Crippen LogP contribution in [0.15, 0.2) is 24.3 Å². The van der Waals surface area contributed by atoms with Crippen LogP contribution >= 0.6 is 0 Å². The number of aliphatic hydroxyl groups is 1. The minimum absolute atomic E-state index is 0.0658. The van der Waals surface area contributed by atoms with Gasteiger partial charge in [0.1, 0.15) is 6.04 Å². The molecule has 0 radical (unpaired) electrons. The van der Waals surface area contributed by atoms with Crippen molar-refractivity contribution < 1.29 is 14.7 Å². The first-order valence-corrected chi connectivity index (χ1v) is 8.53. The summed E-state index contributed by atoms with van der Waals surface area (Å²) >= 11 is 0. The van der Waals surface area contributed by atoms with Crippen LogP contribution < -0.4 is 5.32 Å². The van der Waals surface area contributed by atoms with Gasteiger partial charge in [-0.3, -0.25) is 9.59 Å². The van der Waals surface area contributed by atoms with E-state index in [1.54, 1.807) is 4.90 Å². The van der Waals surface area contributed by atoms with Crippen LogP contribution in [0.1, 0.15) is 57.8 Å². The molecule has 5 heteroatoms. The van der Waals surface area contributed by atoms with Crippen molar-refractivity contribution in [1.29, 1.82) is 0 Å². The van der Waals surface area contributed by atoms with Crippen molar-refractivity contribution in [3.05, 3.63) is 35.4 Å². The molecule has 5 nitrogen and oxygen atoms in total. The van der Waals surface area contributed by atoms with Gasteiger partial charge in [0.2, 0.25) is 11.8 Å². The maximum Gasteiger partial charge on any atom is 0.242 e. The fourth-order valence-electron chi connectivity index (χ4n) is 3.05. The Bertz CT molecular complexity index is 590. The fourth-order valence-corrected chi connectivity index (χ4v) is 3.05. The molecule has 0 saturated carbocycles. The fraction of sp³-hybridized carbons (Fsp3) is 0.579. The van der Waals surface area contributed by atoms with Crippen LogP contribution in [-0.4, -0.2) is 41.0 Å². The van der Waals surface area contributed by atoms with Crippen molar-refractivity contribution >= 4 is 11.8 Å². The molecule has 0 spiro atoms. The Kier molecular flexibility index (Phi) is 5.65. The third kappa shape index (κ3) is 4.35. The topological polar surface area (TPSA) is 69.6 Å². The van der Waals surface area contributed by atoms with Crippen molar-refractivity contribution in [2.24, 2.45) is 0 Å². The van der Waals surface area contributed by atoms with Crippen LogP contribution in [0.4, 0.5) is 0 Å². The first kappa shape index (κ1) is 18.5. The molecule has 0 aromatic heterocycles. The first-order chi connectivity index (χ1) is 11.2. The van der Waals surface area contributed by atoms with E-state index in [2.05, 4.69) is 26.1 Å². The molecule has 1 aromatic rings. The average Bonchev–Trinajstić information content (AvgIpc) is 3.01. The van der Waals surface area contributed by atoms with Gasteiger partial charge >= 0.3 is 0 Å². The molecule has 24 heavy (non-hydrogen) atoms. The molecule has 2 rings (SSSR count). The average molecular weight is 332 g/mol. The van der Waals surface area contributed by atoms with Gasteiger partial charge in [-0.15, -0.1) is 0 Å². The van der Waals surface area contributed by atoms with Gasteiger partial charge in [-0.1, -0.05) is 45.0 Å². The summed E-state index contributed by atoms with van der Waals surface area (Å²) in [6.45, 7) is 8.68. The van der Waals surface area contributed by atoms with Crippen LogP contribution in [0, 0.1) is 0 Å². The lowest BCUT2D eigenvalue weighted by atomic mass is 9.86. The van der Waals surface area contributed by atoms with Gasteiger partial charge in [0.25, 0.3) is 0 Å². The smallest absolute Gasteiger partial charge is 0.242 e. The summed E-state index contributed by atoms with van der Waals surface area (Å²) < 4.78 is 0. The molecule has 2 atom stereocenters. The number of benzene rings is 1. The number of carbonyl (C=O) groups excluding carboxylic acids is 2. The van der Waals surface area contributed by atoms with Crippen LogP contribution in [0.2, 0.25) is 0 Å². The van der Waals surface area contributed by atoms with Crippen LogP contribution in [-0.2, 0) is 15.0 Å². The molecule has 0 aliphatic carbocycles. The second kappa shape index (κ2) is 7.34. The summed E-state index contributed by atoms with van der Waals surface area (Å²) in [4.78, 5) is 25.4. The molecule has 1 saturated heterocycles. The van der Waals surface area contributed by atoms with Crippen LogP contribution in [0.25, 0.3) is 0 Å². The minimum atomic E-state index is -0.754. The molecule has 2 amide bonds. The zero-order valence-electron chi connectivity index (χ0n) is 15.0. The highest BCUT2D eigenvalue weighted by Gasteiger charge is 2.32. The van der Waals surface area contributed by atoms with Gasteiger partial charge < -0.3 is 15.3 Å². The van der Waals surface area contributed by atoms with E-state index in [-0.39, 0.29) is 23.8 Å². The number of rotatable bonds is 4. The van der Waals surface area contributed by atoms with E-state index in [0.29, 0.717) is 13.0 Å². The number of carbonyl (C=O) groups is 2. The lowest BCUT2D eigenvalue weighted by molar-refractivity contribution is -0.137. The SMILES string of the molecule is CC(=O)N1CCCC1C(=O)NCC(O)c1ccc(C(C)(C)C)cc1. The summed E-state index contributed by atoms with van der Waals surface area (Å²) in [5.74, 6) is -0.265. The number of hydrogen-bond acceptors (Lipinski definition) is 3. The molecular formula is C19H28N2O3. The normalized spacial score (nSPS) is 19.2. The monoisotopic (exact) mass is 332 g/mol. The zero-order valence-corrected chi connectivity index (χ0v) is 15.0. The Balaban J connectivity index is 1.92. The molecular weight excluding hydrogens is 304 g/mol. The summed E-state index contributed by atoms with van der Waals surface area (Å²) in [6.07, 6.45) is 0.770. The first-order valence-electron chi connectivity index (χ1n) is 8.53. The Morgan fingerprint density at radius 1 is 1.29 bits per heavy atom. The van der Waals surface area contributed by atoms with E-state index in [1.165, 1.54) is 12.5 Å². The molecule has 1 aliphatic heterocycles. The molecule has 1 heterocycles. The largest absolute Gasteiger partial charge is 0.387 e. The highest BCUT2D eigenvalue weighted by molar-refractivity contribution is 5.87. The van der Waals surface area contributed by atoms with Gasteiger partial charge in [0.15, 0.2) is 0 Å². The van der Waals surface area contributed by atoms with Crippen molar-refractivity contribution in [3.63, 3.8) is 0 Å². The number of aliphatic hydroxyl groups excluding tert-OH is 1. The molecule has 1 fully saturated rings. The standard InChI is InChI=1S/C19H28N2O3/c1-13(22)21-11-5-6-16(21)18(24)20-12-17(23)14-7-9-15(10-8-14)19(2,3)4/h7-10,16-17,23H,5-6,11-12H2,1-4H3,(H,20,24). The zero-order chi connectivity index (χ0) is 17.9. The highest BCUT2D eigenvalue weighted by Crippen LogP contribution is 2.24. The third-order valence-corrected chi connectivity index (χ3v) is 4.59. The van der Waals surface area contributed by atoms with E-state index in [0.717, 1.165) is 12.0 Å². The second-order valence-corrected chi connectivity index (χ2v) is 7.50. The summed E-state index contributed by atoms with van der Waals surface area (Å²) in [5, 5.41) is 13.1. The van der Waals surface area contributed by atoms with E-state index < -0.39 is 12.1 Å². The maximum absolute atomic E-state index is 12.3. The van der Waals surface area contributed by atoms with Gasteiger partial charge in [0.05, 0.1) is 6.10 Å². The summed E-state index contributed by atoms with van der Waals surface area (Å²) in [6, 6.07) is 7.41. The van der Waals surface area contributed by atoms with Gasteiger partial charge in [0, 0.05) is 20.0 Å². The van der Waals surface area contributed by atoms with Crippen molar-refractivity contribution in [2.75, 3.05) is 13.1 Å². The molecule has 2 N–H and O–H groups in total. The van der Waals surface area contributed by atoms with E-state index in [1.807, 2.05) is 24.3 Å². The Morgan fingerprint density at radius 2 is 1.92 bits per heavy atom. The number of nitrogens with one attached hydrogen (secondary N) is 1. The second-order valence-electron chi connectivity index (χ2n) is 7.50. The van der Waals surface area contributed by atoms with Crippen molar-refractivity contribution in [3.8, 4) is 0 Å². The van der Waals surface area contributed by atoms with E-state index >= 15 is 0 Å². The number of likely N-dealkylation sites (tertiary alicyclic amines) is 1. The highest BCUT2D eigenvalue weighted by atomic mass is 16.3. The van der Waals surface area contributed by atoms with Crippen molar-refractivity contribution in [2.45, 2.75) is 58.1 Å². The van der Waals surface area contributed by atoms with Gasteiger partial charge in [-0.2, -0.15) is 0 Å². The minimum Gasteiger partial charge on any atom is -0.387 e. The van der Waals surface area contributed by atoms with Crippen LogP contribution in [0.5, 0.6) is 0 Å². The molecule has 1 aromatic carbocycles. The molecule has 1 aliphatic rings. The summed E-state index contributed by atoms with van der Waals surface area (Å²) in [5.41, 5.74) is 2.04. The maximum atomic E-state index is 12.3. The number of hydrogen-bond donors (Lipinski definition) is 2. The predicted molar refractivity (Wildman–Crippen MR) is 93.5 cm³/mol. The van der Waals surface area contributed by atoms with E-state index in [9.17, 15) is 14.7 Å². The van der Waals surface area contributed by atoms with E-state index in [4.69, 9.17) is 0 Å². The molecule has 2 unspecified atom stereocenters. The number of nitrogens with zero attached hydrogens (tertiary/aromatic N) is 1. The van der Waals surface area contributed by atoms with Crippen molar-refractivity contribution in [1.82, 2.24) is 10.2 Å². The predicted octanol–water partition coefficient (Wildman–Crippen LogP) is 2.14. The Labute approximate surface area is 144 Å². The molecule has 0 bridgehead atoms.